The van der Waals surface area contributed by atoms with Crippen LogP contribution in [0.3, 0.4) is 0 Å². The fourth-order valence-corrected chi connectivity index (χ4v) is 2.62. The van der Waals surface area contributed by atoms with Crippen LogP contribution in [0.25, 0.3) is 5.65 Å². The molecular weight excluding hydrogens is 379 g/mol. The molecule has 0 spiro atoms. The maximum Gasteiger partial charge on any atom is 0.419 e. The van der Waals surface area contributed by atoms with Crippen molar-refractivity contribution < 1.29 is 13.2 Å². The number of imidazole rings is 1. The molecular formula is C11H7ClF3IN2. The molecule has 96 valence electrons. The van der Waals surface area contributed by atoms with Crippen molar-refractivity contribution in [3.05, 3.63) is 32.2 Å². The highest BCUT2D eigenvalue weighted by Gasteiger charge is 2.37. The lowest BCUT2D eigenvalue weighted by molar-refractivity contribution is -0.136. The van der Waals surface area contributed by atoms with E-state index in [2.05, 4.69) is 4.98 Å². The number of halogens is 5. The molecule has 1 fully saturated rings. The van der Waals surface area contributed by atoms with Gasteiger partial charge in [-0.25, -0.2) is 4.98 Å². The van der Waals surface area contributed by atoms with E-state index in [1.807, 2.05) is 22.6 Å². The molecule has 0 saturated heterocycles. The Kier molecular flexibility index (Phi) is 2.78. The summed E-state index contributed by atoms with van der Waals surface area (Å²) in [5, 5.41) is 0.235. The van der Waals surface area contributed by atoms with Gasteiger partial charge in [0.05, 0.1) is 5.56 Å². The molecule has 1 saturated carbocycles. The lowest BCUT2D eigenvalue weighted by atomic mass is 10.1. The molecule has 18 heavy (non-hydrogen) atoms. The van der Waals surface area contributed by atoms with Crippen LogP contribution in [0.5, 0.6) is 0 Å². The largest absolute Gasteiger partial charge is 0.419 e. The van der Waals surface area contributed by atoms with Crippen molar-refractivity contribution in [1.82, 2.24) is 9.38 Å². The number of hydrogen-bond donors (Lipinski definition) is 0. The van der Waals surface area contributed by atoms with Crippen molar-refractivity contribution in [2.24, 2.45) is 0 Å². The van der Waals surface area contributed by atoms with E-state index in [0.29, 0.717) is 9.26 Å². The van der Waals surface area contributed by atoms with Gasteiger partial charge in [-0.15, -0.1) is 0 Å². The van der Waals surface area contributed by atoms with Gasteiger partial charge in [-0.05, 0) is 53.0 Å². The number of rotatable bonds is 1. The molecule has 0 N–H and O–H groups in total. The Morgan fingerprint density at radius 1 is 1.39 bits per heavy atom. The van der Waals surface area contributed by atoms with E-state index in [4.69, 9.17) is 11.6 Å². The highest BCUT2D eigenvalue weighted by molar-refractivity contribution is 14.1. The van der Waals surface area contributed by atoms with Crippen LogP contribution in [0.4, 0.5) is 13.2 Å². The van der Waals surface area contributed by atoms with Crippen molar-refractivity contribution in [3.63, 3.8) is 0 Å². The first-order valence-electron chi connectivity index (χ1n) is 5.32. The highest BCUT2D eigenvalue weighted by atomic mass is 127. The van der Waals surface area contributed by atoms with Crippen molar-refractivity contribution >= 4 is 39.8 Å². The Balaban J connectivity index is 2.34. The lowest BCUT2D eigenvalue weighted by Gasteiger charge is -2.10. The van der Waals surface area contributed by atoms with E-state index in [0.717, 1.165) is 12.8 Å². The highest BCUT2D eigenvalue weighted by Crippen LogP contribution is 2.43. The minimum atomic E-state index is -4.41. The van der Waals surface area contributed by atoms with E-state index >= 15 is 0 Å². The van der Waals surface area contributed by atoms with Crippen LogP contribution in [-0.2, 0) is 6.18 Å². The molecule has 0 radical (unpaired) electrons. The monoisotopic (exact) mass is 386 g/mol. The lowest BCUT2D eigenvalue weighted by Crippen LogP contribution is -2.09. The maximum absolute atomic E-state index is 13.0. The number of pyridine rings is 1. The molecule has 2 nitrogen and oxygen atoms in total. The molecule has 0 atom stereocenters. The summed E-state index contributed by atoms with van der Waals surface area (Å²) in [6, 6.07) is 1.20. The number of fused-ring (bicyclic) bond motifs is 1. The van der Waals surface area contributed by atoms with Crippen LogP contribution in [0, 0.1) is 3.70 Å². The number of alkyl halides is 3. The predicted molar refractivity (Wildman–Crippen MR) is 69.9 cm³/mol. The third-order valence-electron chi connectivity index (χ3n) is 3.00. The second-order valence-corrected chi connectivity index (χ2v) is 5.73. The summed E-state index contributed by atoms with van der Waals surface area (Å²) in [7, 11) is 0. The smallest absolute Gasteiger partial charge is 0.289 e. The van der Waals surface area contributed by atoms with Gasteiger partial charge < -0.3 is 0 Å². The normalized spacial score (nSPS) is 16.5. The molecule has 0 bridgehead atoms. The van der Waals surface area contributed by atoms with Crippen LogP contribution in [-0.4, -0.2) is 9.38 Å². The van der Waals surface area contributed by atoms with E-state index in [1.165, 1.54) is 10.5 Å². The van der Waals surface area contributed by atoms with Crippen molar-refractivity contribution in [3.8, 4) is 0 Å². The van der Waals surface area contributed by atoms with Crippen molar-refractivity contribution in [2.45, 2.75) is 24.9 Å². The SMILES string of the molecule is FC(F)(F)c1cc(C2CC2)cn2c(Cl)c(I)nc12. The second-order valence-electron chi connectivity index (χ2n) is 4.35. The summed E-state index contributed by atoms with van der Waals surface area (Å²) in [4.78, 5) is 3.90. The fourth-order valence-electron chi connectivity index (χ4n) is 1.96. The van der Waals surface area contributed by atoms with E-state index < -0.39 is 11.7 Å². The third-order valence-corrected chi connectivity index (χ3v) is 4.43. The zero-order valence-electron chi connectivity index (χ0n) is 8.93. The molecule has 1 aliphatic carbocycles. The first-order chi connectivity index (χ1) is 8.38. The summed E-state index contributed by atoms with van der Waals surface area (Å²) < 4.78 is 40.8. The third kappa shape index (κ3) is 1.99. The molecule has 0 amide bonds. The summed E-state index contributed by atoms with van der Waals surface area (Å²) in [5.74, 6) is 0.228. The molecule has 2 heterocycles. The van der Waals surface area contributed by atoms with Crippen LogP contribution in [0.15, 0.2) is 12.3 Å². The fraction of sp³-hybridized carbons (Fsp3) is 0.364. The van der Waals surface area contributed by atoms with Gasteiger partial charge in [0.25, 0.3) is 0 Å². The Hall–Kier alpha value is -0.500. The Morgan fingerprint density at radius 3 is 2.61 bits per heavy atom. The van der Waals surface area contributed by atoms with Gasteiger partial charge in [0.1, 0.15) is 8.85 Å². The number of aromatic nitrogens is 2. The molecule has 0 unspecified atom stereocenters. The molecule has 0 aromatic carbocycles. The molecule has 0 aliphatic heterocycles. The van der Waals surface area contributed by atoms with Gasteiger partial charge in [0.15, 0.2) is 5.65 Å². The summed E-state index contributed by atoms with van der Waals surface area (Å²) in [6.07, 6.45) is -0.873. The average Bonchev–Trinajstić information content (AvgIpc) is 3.06. The summed E-state index contributed by atoms with van der Waals surface area (Å²) >= 11 is 7.82. The first-order valence-corrected chi connectivity index (χ1v) is 6.78. The topological polar surface area (TPSA) is 17.3 Å². The maximum atomic E-state index is 13.0. The first kappa shape index (κ1) is 12.5. The summed E-state index contributed by atoms with van der Waals surface area (Å²) in [6.45, 7) is 0. The Bertz CT molecular complexity index is 631. The van der Waals surface area contributed by atoms with Crippen LogP contribution >= 0.6 is 34.2 Å². The summed E-state index contributed by atoms with van der Waals surface area (Å²) in [5.41, 5.74) is -0.149. The zero-order valence-corrected chi connectivity index (χ0v) is 11.8. The van der Waals surface area contributed by atoms with E-state index in [1.54, 1.807) is 6.20 Å². The van der Waals surface area contributed by atoms with Crippen molar-refractivity contribution in [2.75, 3.05) is 0 Å². The standard InChI is InChI=1S/C11H7ClF3IN2/c12-8-9(16)17-10-7(11(13,14)15)3-6(4-18(8)10)5-1-2-5/h3-5H,1-2H2. The second kappa shape index (κ2) is 4.00. The Morgan fingerprint density at radius 2 is 2.06 bits per heavy atom. The number of nitrogens with zero attached hydrogens (tertiary/aromatic N) is 2. The molecule has 1 aliphatic rings. The van der Waals surface area contributed by atoms with Gasteiger partial charge >= 0.3 is 6.18 Å². The minimum Gasteiger partial charge on any atom is -0.289 e. The quantitative estimate of drug-likeness (QED) is 0.660. The average molecular weight is 387 g/mol. The zero-order chi connectivity index (χ0) is 13.1. The molecule has 2 aromatic heterocycles. The van der Waals surface area contributed by atoms with Crippen LogP contribution in [0.2, 0.25) is 5.15 Å². The molecule has 3 rings (SSSR count). The predicted octanol–water partition coefficient (Wildman–Crippen LogP) is 4.49. The van der Waals surface area contributed by atoms with Gasteiger partial charge in [0.2, 0.25) is 0 Å². The van der Waals surface area contributed by atoms with Crippen molar-refractivity contribution in [1.29, 1.82) is 0 Å². The Labute approximate surface area is 119 Å². The van der Waals surface area contributed by atoms with Crippen LogP contribution < -0.4 is 0 Å². The van der Waals surface area contributed by atoms with Gasteiger partial charge in [-0.2, -0.15) is 13.2 Å². The minimum absolute atomic E-state index is 0.124. The van der Waals surface area contributed by atoms with Gasteiger partial charge in [0, 0.05) is 6.20 Å². The van der Waals surface area contributed by atoms with Gasteiger partial charge in [-0.1, -0.05) is 11.6 Å². The molecule has 7 heteroatoms. The van der Waals surface area contributed by atoms with E-state index in [-0.39, 0.29) is 16.7 Å². The van der Waals surface area contributed by atoms with Crippen LogP contribution in [0.1, 0.15) is 29.9 Å². The molecule has 2 aromatic rings. The number of hydrogen-bond acceptors (Lipinski definition) is 1. The van der Waals surface area contributed by atoms with Gasteiger partial charge in [-0.3, -0.25) is 4.40 Å². The van der Waals surface area contributed by atoms with E-state index in [9.17, 15) is 13.2 Å².